The Morgan fingerprint density at radius 2 is 2.12 bits per heavy atom. The third kappa shape index (κ3) is 2.79. The minimum Gasteiger partial charge on any atom is -0.335 e. The number of aryl methyl sites for hydroxylation is 1. The monoisotopic (exact) mass is 323 g/mol. The Labute approximate surface area is 140 Å². The zero-order chi connectivity index (χ0) is 16.4. The van der Waals surface area contributed by atoms with E-state index < -0.39 is 0 Å². The first-order chi connectivity index (χ1) is 11.8. The van der Waals surface area contributed by atoms with Crippen LogP contribution >= 0.6 is 0 Å². The van der Waals surface area contributed by atoms with Crippen molar-refractivity contribution >= 4 is 11.4 Å². The first-order valence-corrected chi connectivity index (χ1v) is 8.54. The molecular weight excluding hydrogens is 302 g/mol. The van der Waals surface area contributed by atoms with Crippen molar-refractivity contribution in [1.82, 2.24) is 24.3 Å². The van der Waals surface area contributed by atoms with Crippen LogP contribution in [-0.4, -0.2) is 42.8 Å². The van der Waals surface area contributed by atoms with Crippen LogP contribution in [0.25, 0.3) is 5.52 Å². The lowest BCUT2D eigenvalue weighted by Crippen LogP contribution is -2.44. The molecule has 6 nitrogen and oxygen atoms in total. The van der Waals surface area contributed by atoms with Gasteiger partial charge < -0.3 is 4.90 Å². The number of hydrogen-bond donors (Lipinski definition) is 0. The van der Waals surface area contributed by atoms with Gasteiger partial charge in [0.25, 0.3) is 5.91 Å². The van der Waals surface area contributed by atoms with E-state index in [1.165, 1.54) is 6.42 Å². The van der Waals surface area contributed by atoms with Crippen LogP contribution in [0.3, 0.4) is 0 Å². The van der Waals surface area contributed by atoms with Gasteiger partial charge in [0.05, 0.1) is 17.3 Å². The van der Waals surface area contributed by atoms with E-state index in [1.807, 2.05) is 46.2 Å². The SMILES string of the molecule is O=C(c1cnn2ccccc12)N1CCCCC1CCn1cccn1. The molecule has 4 rings (SSSR count). The van der Waals surface area contributed by atoms with Crippen LogP contribution in [-0.2, 0) is 6.54 Å². The Kier molecular flexibility index (Phi) is 4.02. The molecule has 1 unspecified atom stereocenters. The summed E-state index contributed by atoms with van der Waals surface area (Å²) in [4.78, 5) is 15.1. The number of amides is 1. The summed E-state index contributed by atoms with van der Waals surface area (Å²) in [6.45, 7) is 1.67. The maximum Gasteiger partial charge on any atom is 0.257 e. The lowest BCUT2D eigenvalue weighted by Gasteiger charge is -2.35. The highest BCUT2D eigenvalue weighted by Crippen LogP contribution is 2.24. The molecule has 3 aromatic rings. The van der Waals surface area contributed by atoms with E-state index in [2.05, 4.69) is 10.2 Å². The van der Waals surface area contributed by atoms with Crippen LogP contribution < -0.4 is 0 Å². The van der Waals surface area contributed by atoms with Crippen molar-refractivity contribution in [3.63, 3.8) is 0 Å². The zero-order valence-corrected chi connectivity index (χ0v) is 13.6. The molecule has 4 heterocycles. The van der Waals surface area contributed by atoms with Crippen molar-refractivity contribution in [2.45, 2.75) is 38.3 Å². The number of piperidine rings is 1. The smallest absolute Gasteiger partial charge is 0.257 e. The van der Waals surface area contributed by atoms with Crippen LogP contribution in [0, 0.1) is 0 Å². The summed E-state index contributed by atoms with van der Waals surface area (Å²) in [5.41, 5.74) is 1.57. The number of likely N-dealkylation sites (tertiary alicyclic amines) is 1. The zero-order valence-electron chi connectivity index (χ0n) is 13.6. The molecule has 1 aliphatic heterocycles. The molecule has 0 bridgehead atoms. The predicted octanol–water partition coefficient (Wildman–Crippen LogP) is 2.62. The van der Waals surface area contributed by atoms with Gasteiger partial charge in [0.2, 0.25) is 0 Å². The van der Waals surface area contributed by atoms with E-state index in [-0.39, 0.29) is 11.9 Å². The average Bonchev–Trinajstić information content (AvgIpc) is 3.29. The summed E-state index contributed by atoms with van der Waals surface area (Å²) >= 11 is 0. The lowest BCUT2D eigenvalue weighted by molar-refractivity contribution is 0.0596. The van der Waals surface area contributed by atoms with Gasteiger partial charge in [-0.15, -0.1) is 0 Å². The molecule has 124 valence electrons. The van der Waals surface area contributed by atoms with Gasteiger partial charge in [-0.3, -0.25) is 9.48 Å². The number of aromatic nitrogens is 4. The molecule has 0 aliphatic carbocycles. The highest BCUT2D eigenvalue weighted by molar-refractivity contribution is 6.00. The molecule has 6 heteroatoms. The summed E-state index contributed by atoms with van der Waals surface area (Å²) < 4.78 is 3.70. The summed E-state index contributed by atoms with van der Waals surface area (Å²) in [6, 6.07) is 8.02. The molecule has 1 amide bonds. The molecule has 0 saturated carbocycles. The van der Waals surface area contributed by atoms with Crippen LogP contribution in [0.4, 0.5) is 0 Å². The molecule has 3 aromatic heterocycles. The minimum absolute atomic E-state index is 0.0985. The second-order valence-corrected chi connectivity index (χ2v) is 6.29. The third-order valence-corrected chi connectivity index (χ3v) is 4.80. The van der Waals surface area contributed by atoms with E-state index >= 15 is 0 Å². The maximum atomic E-state index is 13.1. The molecule has 0 radical (unpaired) electrons. The topological polar surface area (TPSA) is 55.4 Å². The van der Waals surface area contributed by atoms with Crippen molar-refractivity contribution in [2.75, 3.05) is 6.54 Å². The third-order valence-electron chi connectivity index (χ3n) is 4.80. The van der Waals surface area contributed by atoms with Gasteiger partial charge in [-0.05, 0) is 43.9 Å². The van der Waals surface area contributed by atoms with Gasteiger partial charge in [0, 0.05) is 37.7 Å². The Morgan fingerprint density at radius 1 is 1.17 bits per heavy atom. The van der Waals surface area contributed by atoms with Gasteiger partial charge in [0.15, 0.2) is 0 Å². The second-order valence-electron chi connectivity index (χ2n) is 6.29. The van der Waals surface area contributed by atoms with E-state index in [4.69, 9.17) is 0 Å². The van der Waals surface area contributed by atoms with Gasteiger partial charge in [0.1, 0.15) is 0 Å². The molecule has 1 atom stereocenters. The quantitative estimate of drug-likeness (QED) is 0.741. The highest BCUT2D eigenvalue weighted by Gasteiger charge is 2.28. The number of nitrogens with zero attached hydrogens (tertiary/aromatic N) is 5. The molecule has 0 aromatic carbocycles. The number of carbonyl (C=O) groups excluding carboxylic acids is 1. The summed E-state index contributed by atoms with van der Waals surface area (Å²) in [6.07, 6.45) is 11.6. The van der Waals surface area contributed by atoms with Gasteiger partial charge in [-0.1, -0.05) is 6.07 Å². The summed E-state index contributed by atoms with van der Waals surface area (Å²) in [7, 11) is 0. The van der Waals surface area contributed by atoms with E-state index in [9.17, 15) is 4.79 Å². The first-order valence-electron chi connectivity index (χ1n) is 8.54. The molecule has 24 heavy (non-hydrogen) atoms. The van der Waals surface area contributed by atoms with Crippen LogP contribution in [0.1, 0.15) is 36.0 Å². The fraction of sp³-hybridized carbons (Fsp3) is 0.389. The average molecular weight is 323 g/mol. The van der Waals surface area contributed by atoms with Crippen molar-refractivity contribution in [3.8, 4) is 0 Å². The fourth-order valence-electron chi connectivity index (χ4n) is 3.54. The Bertz CT molecular complexity index is 823. The molecule has 1 aliphatic rings. The predicted molar refractivity (Wildman–Crippen MR) is 90.7 cm³/mol. The molecular formula is C18H21N5O. The van der Waals surface area contributed by atoms with Crippen molar-refractivity contribution < 1.29 is 4.79 Å². The number of fused-ring (bicyclic) bond motifs is 1. The van der Waals surface area contributed by atoms with Gasteiger partial charge in [-0.25, -0.2) is 4.52 Å². The Balaban J connectivity index is 1.54. The second kappa shape index (κ2) is 6.47. The minimum atomic E-state index is 0.0985. The van der Waals surface area contributed by atoms with E-state index in [1.54, 1.807) is 16.9 Å². The Hall–Kier alpha value is -2.63. The standard InChI is InChI=1S/C18H21N5O/c24-18(16-14-20-23-12-4-2-7-17(16)23)22-11-3-1-6-15(22)8-13-21-10-5-9-19-21/h2,4-5,7,9-10,12,14-15H,1,3,6,8,11,13H2. The van der Waals surface area contributed by atoms with Crippen LogP contribution in [0.15, 0.2) is 49.1 Å². The number of hydrogen-bond acceptors (Lipinski definition) is 3. The van der Waals surface area contributed by atoms with Crippen LogP contribution in [0.2, 0.25) is 0 Å². The first kappa shape index (κ1) is 14.9. The van der Waals surface area contributed by atoms with E-state index in [0.29, 0.717) is 5.56 Å². The Morgan fingerprint density at radius 3 is 3.00 bits per heavy atom. The fourth-order valence-corrected chi connectivity index (χ4v) is 3.54. The van der Waals surface area contributed by atoms with Gasteiger partial charge >= 0.3 is 0 Å². The molecule has 0 spiro atoms. The summed E-state index contributed by atoms with van der Waals surface area (Å²) in [5, 5.41) is 8.56. The molecule has 0 N–H and O–H groups in total. The van der Waals surface area contributed by atoms with Crippen LogP contribution in [0.5, 0.6) is 0 Å². The summed E-state index contributed by atoms with van der Waals surface area (Å²) in [5.74, 6) is 0.0985. The molecule has 1 fully saturated rings. The number of carbonyl (C=O) groups is 1. The number of pyridine rings is 1. The van der Waals surface area contributed by atoms with Crippen molar-refractivity contribution in [1.29, 1.82) is 0 Å². The maximum absolute atomic E-state index is 13.1. The largest absolute Gasteiger partial charge is 0.335 e. The van der Waals surface area contributed by atoms with E-state index in [0.717, 1.165) is 37.9 Å². The van der Waals surface area contributed by atoms with Crippen molar-refractivity contribution in [2.24, 2.45) is 0 Å². The molecule has 1 saturated heterocycles. The number of rotatable bonds is 4. The highest BCUT2D eigenvalue weighted by atomic mass is 16.2. The van der Waals surface area contributed by atoms with Crippen molar-refractivity contribution in [3.05, 3.63) is 54.6 Å². The van der Waals surface area contributed by atoms with Gasteiger partial charge in [-0.2, -0.15) is 10.2 Å². The normalized spacial score (nSPS) is 18.2. The lowest BCUT2D eigenvalue weighted by atomic mass is 9.98.